The SMILES string of the molecule is C#CCOc1nn2c(-c3ccccc3)nnc2cc1C1CCC1. The second-order valence-corrected chi connectivity index (χ2v) is 5.69. The summed E-state index contributed by atoms with van der Waals surface area (Å²) in [7, 11) is 0. The lowest BCUT2D eigenvalue weighted by atomic mass is 9.80. The number of terminal acetylenes is 1. The van der Waals surface area contributed by atoms with Gasteiger partial charge in [0, 0.05) is 11.1 Å². The summed E-state index contributed by atoms with van der Waals surface area (Å²) in [5.41, 5.74) is 2.79. The van der Waals surface area contributed by atoms with Crippen molar-refractivity contribution in [1.82, 2.24) is 19.8 Å². The molecular formula is C18H16N4O. The third-order valence-corrected chi connectivity index (χ3v) is 4.26. The Balaban J connectivity index is 1.84. The van der Waals surface area contributed by atoms with Gasteiger partial charge in [0.2, 0.25) is 5.88 Å². The average Bonchev–Trinajstić information content (AvgIpc) is 2.94. The quantitative estimate of drug-likeness (QED) is 0.695. The van der Waals surface area contributed by atoms with E-state index in [1.165, 1.54) is 6.42 Å². The Kier molecular flexibility index (Phi) is 3.43. The van der Waals surface area contributed by atoms with Crippen LogP contribution in [0.3, 0.4) is 0 Å². The van der Waals surface area contributed by atoms with Crippen molar-refractivity contribution in [3.63, 3.8) is 0 Å². The summed E-state index contributed by atoms with van der Waals surface area (Å²) in [6, 6.07) is 11.9. The molecule has 0 radical (unpaired) electrons. The predicted molar refractivity (Wildman–Crippen MR) is 87.1 cm³/mol. The molecule has 1 fully saturated rings. The normalized spacial score (nSPS) is 14.4. The largest absolute Gasteiger partial charge is 0.463 e. The lowest BCUT2D eigenvalue weighted by Gasteiger charge is -2.26. The topological polar surface area (TPSA) is 52.3 Å². The van der Waals surface area contributed by atoms with Gasteiger partial charge in [-0.25, -0.2) is 0 Å². The molecule has 1 aliphatic carbocycles. The van der Waals surface area contributed by atoms with E-state index in [9.17, 15) is 0 Å². The molecule has 0 bridgehead atoms. The van der Waals surface area contributed by atoms with E-state index in [1.807, 2.05) is 36.4 Å². The molecule has 0 saturated heterocycles. The fourth-order valence-electron chi connectivity index (χ4n) is 2.83. The summed E-state index contributed by atoms with van der Waals surface area (Å²) >= 11 is 0. The molecule has 23 heavy (non-hydrogen) atoms. The zero-order valence-electron chi connectivity index (χ0n) is 12.6. The van der Waals surface area contributed by atoms with E-state index in [0.717, 1.165) is 29.6 Å². The molecule has 0 spiro atoms. The van der Waals surface area contributed by atoms with E-state index in [-0.39, 0.29) is 6.61 Å². The Morgan fingerprint density at radius 2 is 2.04 bits per heavy atom. The van der Waals surface area contributed by atoms with Crippen LogP contribution in [0.15, 0.2) is 36.4 Å². The summed E-state index contributed by atoms with van der Waals surface area (Å²) in [6.45, 7) is 0.209. The van der Waals surface area contributed by atoms with Crippen molar-refractivity contribution in [3.05, 3.63) is 42.0 Å². The van der Waals surface area contributed by atoms with Gasteiger partial charge in [0.15, 0.2) is 18.1 Å². The molecule has 1 aliphatic rings. The van der Waals surface area contributed by atoms with Gasteiger partial charge in [-0.1, -0.05) is 42.7 Å². The van der Waals surface area contributed by atoms with Gasteiger partial charge in [0.25, 0.3) is 0 Å². The summed E-state index contributed by atoms with van der Waals surface area (Å²) < 4.78 is 7.41. The highest BCUT2D eigenvalue weighted by Crippen LogP contribution is 2.40. The second-order valence-electron chi connectivity index (χ2n) is 5.69. The highest BCUT2D eigenvalue weighted by molar-refractivity contribution is 5.59. The molecule has 5 nitrogen and oxygen atoms in total. The number of nitrogens with zero attached hydrogens (tertiary/aromatic N) is 4. The molecule has 4 rings (SSSR count). The van der Waals surface area contributed by atoms with Crippen molar-refractivity contribution in [1.29, 1.82) is 0 Å². The molecule has 5 heteroatoms. The van der Waals surface area contributed by atoms with Crippen LogP contribution in [0, 0.1) is 12.3 Å². The van der Waals surface area contributed by atoms with E-state index in [4.69, 9.17) is 11.2 Å². The highest BCUT2D eigenvalue weighted by Gasteiger charge is 2.25. The van der Waals surface area contributed by atoms with Gasteiger partial charge in [-0.3, -0.25) is 0 Å². The van der Waals surface area contributed by atoms with E-state index in [0.29, 0.717) is 17.6 Å². The van der Waals surface area contributed by atoms with Gasteiger partial charge in [-0.05, 0) is 24.8 Å². The predicted octanol–water partition coefficient (Wildman–Crippen LogP) is 3.07. The minimum atomic E-state index is 0.209. The highest BCUT2D eigenvalue weighted by atomic mass is 16.5. The minimum Gasteiger partial charge on any atom is -0.463 e. The van der Waals surface area contributed by atoms with Crippen molar-refractivity contribution >= 4 is 5.65 Å². The zero-order chi connectivity index (χ0) is 15.6. The molecule has 0 amide bonds. The van der Waals surface area contributed by atoms with Crippen LogP contribution in [0.4, 0.5) is 0 Å². The molecule has 0 N–H and O–H groups in total. The van der Waals surface area contributed by atoms with Crippen molar-refractivity contribution in [2.45, 2.75) is 25.2 Å². The standard InChI is InChI=1S/C18H16N4O/c1-2-11-23-18-15(13-9-6-10-13)12-16-19-20-17(22(16)21-18)14-7-4-3-5-8-14/h1,3-5,7-8,12-13H,6,9-11H2. The average molecular weight is 304 g/mol. The van der Waals surface area contributed by atoms with Crippen LogP contribution in [0.2, 0.25) is 0 Å². The van der Waals surface area contributed by atoms with Crippen molar-refractivity contribution in [2.24, 2.45) is 0 Å². The van der Waals surface area contributed by atoms with Crippen molar-refractivity contribution in [3.8, 4) is 29.6 Å². The Morgan fingerprint density at radius 3 is 2.74 bits per heavy atom. The Hall–Kier alpha value is -2.87. The van der Waals surface area contributed by atoms with Gasteiger partial charge < -0.3 is 4.74 Å². The fourth-order valence-corrected chi connectivity index (χ4v) is 2.83. The molecule has 1 aromatic carbocycles. The molecule has 114 valence electrons. The smallest absolute Gasteiger partial charge is 0.236 e. The first-order valence-electron chi connectivity index (χ1n) is 7.75. The Labute approximate surface area is 134 Å². The monoisotopic (exact) mass is 304 g/mol. The van der Waals surface area contributed by atoms with Crippen LogP contribution in [0.1, 0.15) is 30.7 Å². The van der Waals surface area contributed by atoms with Crippen molar-refractivity contribution < 1.29 is 4.74 Å². The molecule has 2 aromatic heterocycles. The van der Waals surface area contributed by atoms with E-state index in [2.05, 4.69) is 21.2 Å². The molecule has 0 atom stereocenters. The van der Waals surface area contributed by atoms with Gasteiger partial charge in [0.1, 0.15) is 0 Å². The lowest BCUT2D eigenvalue weighted by molar-refractivity contribution is 0.327. The Bertz CT molecular complexity index is 875. The third kappa shape index (κ3) is 2.42. The van der Waals surface area contributed by atoms with Gasteiger partial charge in [-0.2, -0.15) is 4.52 Å². The fraction of sp³-hybridized carbons (Fsp3) is 0.278. The number of rotatable bonds is 4. The first-order chi connectivity index (χ1) is 11.4. The van der Waals surface area contributed by atoms with Crippen LogP contribution in [-0.2, 0) is 0 Å². The van der Waals surface area contributed by atoms with Gasteiger partial charge in [-0.15, -0.1) is 21.7 Å². The first kappa shape index (κ1) is 13.8. The van der Waals surface area contributed by atoms with Crippen LogP contribution in [0.5, 0.6) is 5.88 Å². The molecule has 0 unspecified atom stereocenters. The first-order valence-corrected chi connectivity index (χ1v) is 7.75. The van der Waals surface area contributed by atoms with Gasteiger partial charge in [0.05, 0.1) is 0 Å². The van der Waals surface area contributed by atoms with Crippen LogP contribution < -0.4 is 4.74 Å². The number of aromatic nitrogens is 4. The van der Waals surface area contributed by atoms with E-state index < -0.39 is 0 Å². The summed E-state index contributed by atoms with van der Waals surface area (Å²) in [5, 5.41) is 13.2. The summed E-state index contributed by atoms with van der Waals surface area (Å²) in [4.78, 5) is 0. The zero-order valence-corrected chi connectivity index (χ0v) is 12.6. The van der Waals surface area contributed by atoms with Crippen LogP contribution >= 0.6 is 0 Å². The second kappa shape index (κ2) is 5.73. The summed E-state index contributed by atoms with van der Waals surface area (Å²) in [5.74, 6) is 4.28. The number of hydrogen-bond donors (Lipinski definition) is 0. The molecule has 1 saturated carbocycles. The third-order valence-electron chi connectivity index (χ3n) is 4.26. The van der Waals surface area contributed by atoms with Crippen LogP contribution in [0.25, 0.3) is 17.0 Å². The maximum Gasteiger partial charge on any atom is 0.236 e. The van der Waals surface area contributed by atoms with Crippen molar-refractivity contribution in [2.75, 3.05) is 6.61 Å². The van der Waals surface area contributed by atoms with E-state index >= 15 is 0 Å². The Morgan fingerprint density at radius 1 is 1.22 bits per heavy atom. The maximum absolute atomic E-state index is 5.69. The summed E-state index contributed by atoms with van der Waals surface area (Å²) in [6.07, 6.45) is 8.88. The number of benzene rings is 1. The molecule has 2 heterocycles. The minimum absolute atomic E-state index is 0.209. The maximum atomic E-state index is 5.69. The van der Waals surface area contributed by atoms with Crippen LogP contribution in [-0.4, -0.2) is 26.4 Å². The van der Waals surface area contributed by atoms with E-state index in [1.54, 1.807) is 4.52 Å². The molecule has 0 aliphatic heterocycles. The number of ether oxygens (including phenoxy) is 1. The molecule has 3 aromatic rings. The lowest BCUT2D eigenvalue weighted by Crippen LogP contribution is -2.13. The number of hydrogen-bond acceptors (Lipinski definition) is 4. The number of fused-ring (bicyclic) bond motifs is 1. The van der Waals surface area contributed by atoms with Gasteiger partial charge >= 0.3 is 0 Å². The molecular weight excluding hydrogens is 288 g/mol.